The Kier molecular flexibility index (Phi) is 6.83. The van der Waals surface area contributed by atoms with E-state index in [2.05, 4.69) is 54.8 Å². The average Bonchev–Trinajstić information content (AvgIpc) is 2.38. The third-order valence-corrected chi connectivity index (χ3v) is 9.25. The average molecular weight is 407 g/mol. The van der Waals surface area contributed by atoms with Gasteiger partial charge in [0.25, 0.3) is 0 Å². The van der Waals surface area contributed by atoms with Crippen molar-refractivity contribution in [2.45, 2.75) is 38.9 Å². The molecule has 1 aromatic rings. The van der Waals surface area contributed by atoms with E-state index in [0.717, 1.165) is 0 Å². The van der Waals surface area contributed by atoms with Crippen LogP contribution in [0, 0.1) is 0 Å². The van der Waals surface area contributed by atoms with E-state index in [4.69, 9.17) is 20.8 Å². The Morgan fingerprint density at radius 3 is 2.50 bits per heavy atom. The predicted molar refractivity (Wildman–Crippen MR) is 95.6 cm³/mol. The van der Waals surface area contributed by atoms with E-state index in [0.29, 0.717) is 34.1 Å². The molecule has 0 saturated carbocycles. The van der Waals surface area contributed by atoms with Gasteiger partial charge in [-0.2, -0.15) is 4.99 Å². The van der Waals surface area contributed by atoms with Crippen molar-refractivity contribution >= 4 is 47.6 Å². The molecule has 22 heavy (non-hydrogen) atoms. The number of hydrogen-bond acceptors (Lipinski definition) is 4. The van der Waals surface area contributed by atoms with Crippen LogP contribution in [0.1, 0.15) is 20.8 Å². The monoisotopic (exact) mass is 405 g/mol. The first kappa shape index (κ1) is 19.4. The number of hydrogen-bond donors (Lipinski definition) is 0. The molecule has 0 aliphatic carbocycles. The van der Waals surface area contributed by atoms with Gasteiger partial charge >= 0.3 is 0 Å². The second-order valence-electron chi connectivity index (χ2n) is 6.39. The highest BCUT2D eigenvalue weighted by Crippen LogP contribution is 2.37. The smallest absolute Gasteiger partial charge is 0.240 e. The second kappa shape index (κ2) is 7.75. The summed E-state index contributed by atoms with van der Waals surface area (Å²) in [6.45, 7) is 11.8. The normalized spacial score (nSPS) is 12.0. The van der Waals surface area contributed by atoms with Crippen LogP contribution in [0.3, 0.4) is 0 Å². The summed E-state index contributed by atoms with van der Waals surface area (Å²) in [5.41, 5.74) is 0.430. The zero-order valence-electron chi connectivity index (χ0n) is 13.5. The van der Waals surface area contributed by atoms with Gasteiger partial charge in [0.05, 0.1) is 17.3 Å². The van der Waals surface area contributed by atoms with Crippen molar-refractivity contribution in [3.8, 4) is 5.75 Å². The summed E-state index contributed by atoms with van der Waals surface area (Å²) < 4.78 is 12.3. The van der Waals surface area contributed by atoms with Crippen molar-refractivity contribution in [1.29, 1.82) is 0 Å². The Balaban J connectivity index is 2.66. The first-order valence-electron chi connectivity index (χ1n) is 6.92. The molecule has 0 atom stereocenters. The molecule has 7 heteroatoms. The summed E-state index contributed by atoms with van der Waals surface area (Å²) in [7, 11) is -1.78. The quantitative estimate of drug-likeness (QED) is 0.272. The lowest BCUT2D eigenvalue weighted by molar-refractivity contribution is 0.203. The molecule has 4 nitrogen and oxygen atoms in total. The molecule has 0 radical (unpaired) electrons. The third-order valence-electron chi connectivity index (χ3n) is 3.78. The van der Waals surface area contributed by atoms with Crippen LogP contribution in [0.15, 0.2) is 21.6 Å². The minimum atomic E-state index is -1.78. The Hall–Kier alpha value is -0.653. The van der Waals surface area contributed by atoms with Gasteiger partial charge in [0.15, 0.2) is 8.32 Å². The van der Waals surface area contributed by atoms with Crippen LogP contribution in [0.2, 0.25) is 23.2 Å². The van der Waals surface area contributed by atoms with Crippen LogP contribution in [0.25, 0.3) is 0 Å². The van der Waals surface area contributed by atoms with Gasteiger partial charge in [-0.25, -0.2) is 4.79 Å². The van der Waals surface area contributed by atoms with Crippen molar-refractivity contribution in [2.75, 3.05) is 13.2 Å². The van der Waals surface area contributed by atoms with Gasteiger partial charge in [0.1, 0.15) is 12.4 Å². The van der Waals surface area contributed by atoms with Crippen LogP contribution >= 0.6 is 27.5 Å². The Bertz CT molecular complexity index is 581. The zero-order chi connectivity index (χ0) is 17.0. The summed E-state index contributed by atoms with van der Waals surface area (Å²) in [4.78, 5) is 14.0. The van der Waals surface area contributed by atoms with Crippen LogP contribution in [-0.2, 0) is 9.22 Å². The molecule has 0 bridgehead atoms. The fraction of sp³-hybridized carbons (Fsp3) is 0.533. The predicted octanol–water partition coefficient (Wildman–Crippen LogP) is 5.47. The number of rotatable bonds is 6. The molecule has 0 spiro atoms. The summed E-state index contributed by atoms with van der Waals surface area (Å²) in [5, 5.41) is 0.609. The van der Waals surface area contributed by atoms with E-state index in [1.54, 1.807) is 12.1 Å². The van der Waals surface area contributed by atoms with E-state index in [-0.39, 0.29) is 5.04 Å². The first-order chi connectivity index (χ1) is 10.1. The molecule has 0 aromatic heterocycles. The molecule has 0 unspecified atom stereocenters. The summed E-state index contributed by atoms with van der Waals surface area (Å²) in [5.74, 6) is 0.470. The molecular formula is C15H21BrClNO3Si. The molecule has 0 fully saturated rings. The standard InChI is InChI=1S/C15H21BrClNO3Si/c1-15(2,3)22(4,5)21-7-6-20-14-9-13(18-10-19)11(16)8-12(14)17/h8-9H,6-7H2,1-5H3. The van der Waals surface area contributed by atoms with Gasteiger partial charge in [0, 0.05) is 10.5 Å². The number of benzene rings is 1. The number of nitrogens with zero attached hydrogens (tertiary/aromatic N) is 1. The van der Waals surface area contributed by atoms with E-state index in [9.17, 15) is 4.79 Å². The van der Waals surface area contributed by atoms with Gasteiger partial charge in [-0.15, -0.1) is 0 Å². The zero-order valence-corrected chi connectivity index (χ0v) is 16.8. The summed E-state index contributed by atoms with van der Waals surface area (Å²) >= 11 is 9.40. The number of ether oxygens (including phenoxy) is 1. The molecule has 0 saturated heterocycles. The Morgan fingerprint density at radius 2 is 1.95 bits per heavy atom. The van der Waals surface area contributed by atoms with Crippen LogP contribution in [-0.4, -0.2) is 27.6 Å². The molecule has 0 N–H and O–H groups in total. The number of halogens is 2. The van der Waals surface area contributed by atoms with Gasteiger partial charge < -0.3 is 9.16 Å². The lowest BCUT2D eigenvalue weighted by Crippen LogP contribution is -2.41. The highest BCUT2D eigenvalue weighted by Gasteiger charge is 2.36. The van der Waals surface area contributed by atoms with Crippen LogP contribution in [0.4, 0.5) is 5.69 Å². The maximum Gasteiger partial charge on any atom is 0.240 e. The topological polar surface area (TPSA) is 47.9 Å². The van der Waals surface area contributed by atoms with E-state index < -0.39 is 8.32 Å². The first-order valence-corrected chi connectivity index (χ1v) is 11.0. The van der Waals surface area contributed by atoms with Crippen molar-refractivity contribution < 1.29 is 14.0 Å². The molecule has 1 aromatic carbocycles. The van der Waals surface area contributed by atoms with Crippen molar-refractivity contribution in [2.24, 2.45) is 4.99 Å². The number of aliphatic imine (C=N–C) groups is 1. The highest BCUT2D eigenvalue weighted by molar-refractivity contribution is 9.10. The molecular weight excluding hydrogens is 386 g/mol. The second-order valence-corrected chi connectivity index (χ2v) is 12.5. The maximum atomic E-state index is 10.4. The van der Waals surface area contributed by atoms with Crippen molar-refractivity contribution in [3.63, 3.8) is 0 Å². The highest BCUT2D eigenvalue weighted by atomic mass is 79.9. The molecule has 0 aliphatic heterocycles. The van der Waals surface area contributed by atoms with Crippen molar-refractivity contribution in [3.05, 3.63) is 21.6 Å². The SMILES string of the molecule is CC(C)(C)[Si](C)(C)OCCOc1cc(N=C=O)c(Br)cc1Cl. The Morgan fingerprint density at radius 1 is 1.32 bits per heavy atom. The van der Waals surface area contributed by atoms with Crippen molar-refractivity contribution in [1.82, 2.24) is 0 Å². The van der Waals surface area contributed by atoms with E-state index in [1.165, 1.54) is 6.08 Å². The number of carbonyl (C=O) groups excluding carboxylic acids is 1. The molecule has 0 heterocycles. The molecule has 1 rings (SSSR count). The van der Waals surface area contributed by atoms with E-state index in [1.807, 2.05) is 0 Å². The third kappa shape index (κ3) is 5.21. The fourth-order valence-electron chi connectivity index (χ4n) is 1.43. The minimum Gasteiger partial charge on any atom is -0.490 e. The van der Waals surface area contributed by atoms with Gasteiger partial charge in [-0.05, 0) is 40.1 Å². The fourth-order valence-corrected chi connectivity index (χ4v) is 3.24. The molecule has 122 valence electrons. The molecule has 0 amide bonds. The lowest BCUT2D eigenvalue weighted by atomic mass is 10.2. The van der Waals surface area contributed by atoms with Crippen LogP contribution in [0.5, 0.6) is 5.75 Å². The lowest BCUT2D eigenvalue weighted by Gasteiger charge is -2.36. The molecule has 0 aliphatic rings. The number of isocyanates is 1. The maximum absolute atomic E-state index is 10.4. The van der Waals surface area contributed by atoms with E-state index >= 15 is 0 Å². The van der Waals surface area contributed by atoms with Gasteiger partial charge in [-0.1, -0.05) is 32.4 Å². The minimum absolute atomic E-state index is 0.161. The van der Waals surface area contributed by atoms with Crippen LogP contribution < -0.4 is 4.74 Å². The largest absolute Gasteiger partial charge is 0.490 e. The summed E-state index contributed by atoms with van der Waals surface area (Å²) in [6.07, 6.45) is 1.50. The Labute approximate surface area is 146 Å². The van der Waals surface area contributed by atoms with Gasteiger partial charge in [0.2, 0.25) is 6.08 Å². The summed E-state index contributed by atoms with van der Waals surface area (Å²) in [6, 6.07) is 3.24. The van der Waals surface area contributed by atoms with Gasteiger partial charge in [-0.3, -0.25) is 0 Å².